The van der Waals surface area contributed by atoms with Crippen LogP contribution in [0.3, 0.4) is 0 Å². The summed E-state index contributed by atoms with van der Waals surface area (Å²) in [6.45, 7) is 16.3. The van der Waals surface area contributed by atoms with Gasteiger partial charge >= 0.3 is 0 Å². The van der Waals surface area contributed by atoms with E-state index in [1.54, 1.807) is 0 Å². The Bertz CT molecular complexity index is 551. The summed E-state index contributed by atoms with van der Waals surface area (Å²) in [6.07, 6.45) is 13.9. The Morgan fingerprint density at radius 1 is 0.811 bits per heavy atom. The van der Waals surface area contributed by atoms with Gasteiger partial charge in [0.2, 0.25) is 0 Å². The van der Waals surface area contributed by atoms with Crippen LogP contribution in [0.4, 0.5) is 0 Å². The highest BCUT2D eigenvalue weighted by Gasteiger charge is 2.48. The second-order valence-electron chi connectivity index (χ2n) is 12.1. The van der Waals surface area contributed by atoms with Gasteiger partial charge in [-0.15, -0.1) is 0 Å². The SMILES string of the molecule is CCCCCCNCC[N+]1(CC2CC(OCCCC)C(O)C(O)C2OC(CCC)CCC)CCCCC1. The third-order valence-corrected chi connectivity index (χ3v) is 8.82. The van der Waals surface area contributed by atoms with Gasteiger partial charge in [-0.1, -0.05) is 66.2 Å². The molecule has 0 aromatic heterocycles. The maximum Gasteiger partial charge on any atom is 0.109 e. The fraction of sp³-hybridized carbons (Fsp3) is 1.00. The highest BCUT2D eigenvalue weighted by atomic mass is 16.5. The zero-order valence-electron chi connectivity index (χ0n) is 25.0. The second kappa shape index (κ2) is 18.9. The standard InChI is InChI=1S/C31H63N2O4/c1-5-9-11-13-18-32-19-22-33(20-14-12-15-21-33)25-26-24-28(36-23-10-6-2)29(34)30(35)31(26)37-27(16-7-3)17-8-4/h26-32,34-35H,5-25H2,1-4H3/q+1. The molecule has 2 rings (SSSR count). The maximum absolute atomic E-state index is 11.4. The van der Waals surface area contributed by atoms with Gasteiger partial charge in [0.05, 0.1) is 44.5 Å². The van der Waals surface area contributed by atoms with E-state index < -0.39 is 12.2 Å². The highest BCUT2D eigenvalue weighted by molar-refractivity contribution is 4.95. The molecule has 0 radical (unpaired) electrons. The molecule has 5 unspecified atom stereocenters. The first kappa shape index (κ1) is 33.0. The van der Waals surface area contributed by atoms with Crippen molar-refractivity contribution < 1.29 is 24.2 Å². The van der Waals surface area contributed by atoms with Gasteiger partial charge in [-0.2, -0.15) is 0 Å². The van der Waals surface area contributed by atoms with Crippen LogP contribution in [0.5, 0.6) is 0 Å². The molecule has 2 aliphatic rings. The molecule has 37 heavy (non-hydrogen) atoms. The number of likely N-dealkylation sites (tertiary alicyclic amines) is 1. The van der Waals surface area contributed by atoms with Crippen molar-refractivity contribution in [2.45, 2.75) is 148 Å². The minimum Gasteiger partial charge on any atom is -0.388 e. The van der Waals surface area contributed by atoms with Crippen LogP contribution in [-0.2, 0) is 9.47 Å². The topological polar surface area (TPSA) is 71.0 Å². The van der Waals surface area contributed by atoms with E-state index >= 15 is 0 Å². The van der Waals surface area contributed by atoms with Crippen LogP contribution in [0.1, 0.15) is 118 Å². The Balaban J connectivity index is 2.13. The first-order valence-electron chi connectivity index (χ1n) is 16.2. The molecule has 6 nitrogen and oxygen atoms in total. The van der Waals surface area contributed by atoms with E-state index in [2.05, 4.69) is 33.0 Å². The first-order chi connectivity index (χ1) is 18.0. The van der Waals surface area contributed by atoms with Gasteiger partial charge in [0.1, 0.15) is 12.2 Å². The minimum atomic E-state index is -0.886. The van der Waals surface area contributed by atoms with Crippen molar-refractivity contribution in [1.29, 1.82) is 0 Å². The van der Waals surface area contributed by atoms with E-state index in [-0.39, 0.29) is 24.2 Å². The number of nitrogens with zero attached hydrogens (tertiary/aromatic N) is 1. The molecule has 0 aromatic rings. The Morgan fingerprint density at radius 3 is 2.16 bits per heavy atom. The summed E-state index contributed by atoms with van der Waals surface area (Å²) in [5.74, 6) is 0.198. The summed E-state index contributed by atoms with van der Waals surface area (Å²) in [5.41, 5.74) is 0. The molecule has 1 saturated carbocycles. The van der Waals surface area contributed by atoms with Crippen molar-refractivity contribution in [2.75, 3.05) is 45.9 Å². The van der Waals surface area contributed by atoms with Gasteiger partial charge < -0.3 is 29.5 Å². The number of unbranched alkanes of at least 4 members (excludes halogenated alkanes) is 4. The van der Waals surface area contributed by atoms with E-state index in [4.69, 9.17) is 9.47 Å². The number of aliphatic hydroxyl groups excluding tert-OH is 2. The molecule has 1 aliphatic carbocycles. The van der Waals surface area contributed by atoms with Gasteiger partial charge in [-0.25, -0.2) is 0 Å². The number of aliphatic hydroxyl groups is 2. The lowest BCUT2D eigenvalue weighted by Gasteiger charge is -2.49. The Kier molecular flexibility index (Phi) is 16.9. The zero-order valence-corrected chi connectivity index (χ0v) is 25.0. The van der Waals surface area contributed by atoms with E-state index in [1.807, 2.05) is 0 Å². The van der Waals surface area contributed by atoms with Gasteiger partial charge in [-0.3, -0.25) is 0 Å². The van der Waals surface area contributed by atoms with E-state index in [0.717, 1.165) is 75.6 Å². The largest absolute Gasteiger partial charge is 0.388 e. The van der Waals surface area contributed by atoms with Crippen LogP contribution >= 0.6 is 0 Å². The second-order valence-corrected chi connectivity index (χ2v) is 12.1. The predicted octanol–water partition coefficient (Wildman–Crippen LogP) is 5.44. The Hall–Kier alpha value is -0.240. The summed E-state index contributed by atoms with van der Waals surface area (Å²) in [7, 11) is 0. The first-order valence-corrected chi connectivity index (χ1v) is 16.2. The molecule has 0 bridgehead atoms. The van der Waals surface area contributed by atoms with Crippen molar-refractivity contribution in [3.63, 3.8) is 0 Å². The number of ether oxygens (including phenoxy) is 2. The number of rotatable bonds is 20. The third kappa shape index (κ3) is 11.4. The lowest BCUT2D eigenvalue weighted by Crippen LogP contribution is -2.63. The van der Waals surface area contributed by atoms with E-state index in [9.17, 15) is 10.2 Å². The summed E-state index contributed by atoms with van der Waals surface area (Å²) < 4.78 is 14.0. The number of hydrogen-bond donors (Lipinski definition) is 3. The molecule has 1 saturated heterocycles. The Labute approximate surface area is 229 Å². The lowest BCUT2D eigenvalue weighted by molar-refractivity contribution is -0.935. The fourth-order valence-electron chi connectivity index (χ4n) is 6.62. The van der Waals surface area contributed by atoms with Gasteiger partial charge in [-0.05, 0) is 57.9 Å². The van der Waals surface area contributed by atoms with Crippen LogP contribution < -0.4 is 5.32 Å². The zero-order chi connectivity index (χ0) is 26.9. The number of quaternary nitrogens is 1. The fourth-order valence-corrected chi connectivity index (χ4v) is 6.62. The van der Waals surface area contributed by atoms with Crippen molar-refractivity contribution in [2.24, 2.45) is 5.92 Å². The van der Waals surface area contributed by atoms with E-state index in [1.165, 1.54) is 58.0 Å². The average molecular weight is 528 g/mol. The average Bonchev–Trinajstić information content (AvgIpc) is 2.89. The van der Waals surface area contributed by atoms with Gasteiger partial charge in [0, 0.05) is 19.1 Å². The molecule has 0 aromatic carbocycles. The van der Waals surface area contributed by atoms with Crippen LogP contribution in [0.25, 0.3) is 0 Å². The van der Waals surface area contributed by atoms with Crippen molar-refractivity contribution in [1.82, 2.24) is 5.32 Å². The predicted molar refractivity (Wildman–Crippen MR) is 154 cm³/mol. The highest BCUT2D eigenvalue weighted by Crippen LogP contribution is 2.35. The molecular formula is C31H63N2O4+. The van der Waals surface area contributed by atoms with Crippen LogP contribution in [0.2, 0.25) is 0 Å². The molecule has 220 valence electrons. The summed E-state index contributed by atoms with van der Waals surface area (Å²) in [5, 5.41) is 26.2. The normalized spacial score (nSPS) is 28.1. The number of nitrogens with one attached hydrogen (secondary N) is 1. The summed E-state index contributed by atoms with van der Waals surface area (Å²) in [4.78, 5) is 0. The number of piperidine rings is 1. The van der Waals surface area contributed by atoms with Crippen LogP contribution in [0, 0.1) is 5.92 Å². The molecule has 3 N–H and O–H groups in total. The number of hydrogen-bond acceptors (Lipinski definition) is 5. The van der Waals surface area contributed by atoms with Crippen LogP contribution in [-0.4, -0.2) is 91.1 Å². The lowest BCUT2D eigenvalue weighted by atomic mass is 9.79. The van der Waals surface area contributed by atoms with Gasteiger partial charge in [0.15, 0.2) is 0 Å². The monoisotopic (exact) mass is 527 g/mol. The molecule has 1 heterocycles. The minimum absolute atomic E-state index is 0.154. The van der Waals surface area contributed by atoms with Crippen molar-refractivity contribution in [3.05, 3.63) is 0 Å². The van der Waals surface area contributed by atoms with Crippen LogP contribution in [0.15, 0.2) is 0 Å². The quantitative estimate of drug-likeness (QED) is 0.145. The van der Waals surface area contributed by atoms with E-state index in [0.29, 0.717) is 6.61 Å². The molecule has 2 fully saturated rings. The summed E-state index contributed by atoms with van der Waals surface area (Å²) in [6, 6.07) is 0. The molecule has 6 heteroatoms. The molecule has 1 aliphatic heterocycles. The molecular weight excluding hydrogens is 464 g/mol. The van der Waals surface area contributed by atoms with Crippen molar-refractivity contribution in [3.8, 4) is 0 Å². The third-order valence-electron chi connectivity index (χ3n) is 8.82. The smallest absolute Gasteiger partial charge is 0.109 e. The van der Waals surface area contributed by atoms with Crippen molar-refractivity contribution >= 4 is 0 Å². The van der Waals surface area contributed by atoms with Gasteiger partial charge in [0.25, 0.3) is 0 Å². The Morgan fingerprint density at radius 2 is 1.51 bits per heavy atom. The maximum atomic E-state index is 11.4. The summed E-state index contributed by atoms with van der Waals surface area (Å²) >= 11 is 0. The molecule has 5 atom stereocenters. The molecule has 0 amide bonds. The molecule has 0 spiro atoms.